The second-order valence-electron chi connectivity index (χ2n) is 6.87. The second kappa shape index (κ2) is 8.00. The Kier molecular flexibility index (Phi) is 5.26. The Labute approximate surface area is 171 Å². The van der Waals surface area contributed by atoms with Gasteiger partial charge in [-0.15, -0.1) is 11.3 Å². The number of benzene rings is 1. The van der Waals surface area contributed by atoms with Crippen LogP contribution in [0, 0.1) is 13.8 Å². The molecule has 0 radical (unpaired) electrons. The summed E-state index contributed by atoms with van der Waals surface area (Å²) in [7, 11) is 0. The van der Waals surface area contributed by atoms with Crippen molar-refractivity contribution in [3.63, 3.8) is 0 Å². The van der Waals surface area contributed by atoms with E-state index in [9.17, 15) is 9.59 Å². The summed E-state index contributed by atoms with van der Waals surface area (Å²) < 4.78 is 5.86. The first kappa shape index (κ1) is 19.1. The quantitative estimate of drug-likeness (QED) is 0.636. The highest BCUT2D eigenvalue weighted by Gasteiger charge is 2.28. The van der Waals surface area contributed by atoms with Crippen molar-refractivity contribution >= 4 is 34.0 Å². The predicted molar refractivity (Wildman–Crippen MR) is 112 cm³/mol. The number of carbonyl (C=O) groups excluding carboxylic acids is 2. The largest absolute Gasteiger partial charge is 0.455 e. The van der Waals surface area contributed by atoms with Crippen LogP contribution >= 0.6 is 11.3 Å². The van der Waals surface area contributed by atoms with Gasteiger partial charge in [-0.05, 0) is 38.8 Å². The molecular formula is C21H20N4O3S. The van der Waals surface area contributed by atoms with Crippen molar-refractivity contribution in [1.82, 2.24) is 10.4 Å². The SMILES string of the molecule is Cc1cccc(C(=O)N/N=C2\CCCc3oc(C(=O)Nc4nccs4)c(C)c32)c1. The Hall–Kier alpha value is -3.26. The molecule has 0 atom stereocenters. The molecular weight excluding hydrogens is 388 g/mol. The van der Waals surface area contributed by atoms with Crippen molar-refractivity contribution in [2.45, 2.75) is 33.1 Å². The molecule has 0 saturated carbocycles. The number of hydrazone groups is 1. The van der Waals surface area contributed by atoms with Gasteiger partial charge in [-0.2, -0.15) is 5.10 Å². The third kappa shape index (κ3) is 3.97. The molecule has 1 aromatic carbocycles. The van der Waals surface area contributed by atoms with Crippen LogP contribution in [-0.4, -0.2) is 22.5 Å². The van der Waals surface area contributed by atoms with Crippen molar-refractivity contribution < 1.29 is 14.0 Å². The van der Waals surface area contributed by atoms with Gasteiger partial charge in [0, 0.05) is 34.7 Å². The molecule has 4 rings (SSSR count). The summed E-state index contributed by atoms with van der Waals surface area (Å²) in [5.41, 5.74) is 6.45. The number of nitrogens with one attached hydrogen (secondary N) is 2. The van der Waals surface area contributed by atoms with Gasteiger partial charge in [-0.1, -0.05) is 17.7 Å². The number of furan rings is 1. The lowest BCUT2D eigenvalue weighted by atomic mass is 9.93. The minimum Gasteiger partial charge on any atom is -0.455 e. The number of thiazole rings is 1. The van der Waals surface area contributed by atoms with Crippen LogP contribution in [0.15, 0.2) is 45.4 Å². The Morgan fingerprint density at radius 3 is 2.83 bits per heavy atom. The molecule has 2 heterocycles. The van der Waals surface area contributed by atoms with Crippen molar-refractivity contribution in [2.75, 3.05) is 5.32 Å². The van der Waals surface area contributed by atoms with E-state index < -0.39 is 0 Å². The lowest BCUT2D eigenvalue weighted by molar-refractivity contribution is 0.0953. The van der Waals surface area contributed by atoms with Crippen LogP contribution in [-0.2, 0) is 6.42 Å². The molecule has 2 amide bonds. The van der Waals surface area contributed by atoms with Crippen molar-refractivity contribution in [3.8, 4) is 0 Å². The van der Waals surface area contributed by atoms with E-state index in [1.54, 1.807) is 17.6 Å². The van der Waals surface area contributed by atoms with Gasteiger partial charge >= 0.3 is 0 Å². The van der Waals surface area contributed by atoms with E-state index in [2.05, 4.69) is 20.8 Å². The van der Waals surface area contributed by atoms with Crippen LogP contribution in [0.1, 0.15) is 56.2 Å². The summed E-state index contributed by atoms with van der Waals surface area (Å²) in [5, 5.41) is 9.41. The molecule has 1 aliphatic rings. The number of carbonyl (C=O) groups is 2. The first-order valence-electron chi connectivity index (χ1n) is 9.30. The van der Waals surface area contributed by atoms with E-state index >= 15 is 0 Å². The van der Waals surface area contributed by atoms with Crippen LogP contribution in [0.25, 0.3) is 0 Å². The zero-order valence-corrected chi connectivity index (χ0v) is 16.9. The van der Waals surface area contributed by atoms with E-state index in [4.69, 9.17) is 4.42 Å². The summed E-state index contributed by atoms with van der Waals surface area (Å²) in [5.74, 6) is 0.373. The zero-order valence-electron chi connectivity index (χ0n) is 16.1. The Bertz CT molecular complexity index is 1100. The highest BCUT2D eigenvalue weighted by atomic mass is 32.1. The monoisotopic (exact) mass is 408 g/mol. The summed E-state index contributed by atoms with van der Waals surface area (Å²) in [6, 6.07) is 7.33. The number of nitrogens with zero attached hydrogens (tertiary/aromatic N) is 2. The van der Waals surface area contributed by atoms with Gasteiger partial charge in [0.2, 0.25) is 0 Å². The van der Waals surface area contributed by atoms with Crippen molar-refractivity contribution in [1.29, 1.82) is 0 Å². The topological polar surface area (TPSA) is 96.6 Å². The van der Waals surface area contributed by atoms with Gasteiger partial charge in [-0.25, -0.2) is 10.4 Å². The number of aromatic nitrogens is 1. The minimum atomic E-state index is -0.338. The fourth-order valence-corrected chi connectivity index (χ4v) is 3.93. The fraction of sp³-hybridized carbons (Fsp3) is 0.238. The number of hydrogen-bond donors (Lipinski definition) is 2. The molecule has 0 spiro atoms. The first-order chi connectivity index (χ1) is 14.0. The molecule has 0 aliphatic heterocycles. The van der Waals surface area contributed by atoms with E-state index in [0.717, 1.165) is 41.0 Å². The highest BCUT2D eigenvalue weighted by molar-refractivity contribution is 7.13. The standard InChI is InChI=1S/C21H20N4O3S/c1-12-5-3-6-14(11-12)19(26)25-24-15-7-4-8-16-17(15)13(2)18(28-16)20(27)23-21-22-9-10-29-21/h3,5-6,9-11H,4,7-8H2,1-2H3,(H,25,26)(H,22,23,27)/b24-15+. The van der Waals surface area contributed by atoms with Crippen LogP contribution in [0.3, 0.4) is 0 Å². The molecule has 0 unspecified atom stereocenters. The third-order valence-corrected chi connectivity index (χ3v) is 5.45. The summed E-state index contributed by atoms with van der Waals surface area (Å²) in [6.07, 6.45) is 3.90. The number of amides is 2. The molecule has 8 heteroatoms. The fourth-order valence-electron chi connectivity index (χ4n) is 3.40. The van der Waals surface area contributed by atoms with Gasteiger partial charge in [0.15, 0.2) is 10.9 Å². The van der Waals surface area contributed by atoms with Crippen LogP contribution in [0.4, 0.5) is 5.13 Å². The van der Waals surface area contributed by atoms with Crippen LogP contribution in [0.5, 0.6) is 0 Å². The Balaban J connectivity index is 1.57. The van der Waals surface area contributed by atoms with Gasteiger partial charge in [0.05, 0.1) is 5.71 Å². The third-order valence-electron chi connectivity index (χ3n) is 4.76. The van der Waals surface area contributed by atoms with Crippen LogP contribution in [0.2, 0.25) is 0 Å². The average molecular weight is 408 g/mol. The molecule has 0 bridgehead atoms. The molecule has 148 valence electrons. The molecule has 0 fully saturated rings. The number of aryl methyl sites for hydroxylation is 2. The molecule has 2 aromatic heterocycles. The lowest BCUT2D eigenvalue weighted by Crippen LogP contribution is -2.22. The molecule has 7 nitrogen and oxygen atoms in total. The Morgan fingerprint density at radius 2 is 2.07 bits per heavy atom. The molecule has 0 saturated heterocycles. The maximum absolute atomic E-state index is 12.6. The maximum Gasteiger partial charge on any atom is 0.293 e. The molecule has 1 aliphatic carbocycles. The number of hydrogen-bond acceptors (Lipinski definition) is 6. The Morgan fingerprint density at radius 1 is 1.21 bits per heavy atom. The van der Waals surface area contributed by atoms with E-state index in [1.165, 1.54) is 11.3 Å². The summed E-state index contributed by atoms with van der Waals surface area (Å²) in [6.45, 7) is 3.77. The molecule has 29 heavy (non-hydrogen) atoms. The predicted octanol–water partition coefficient (Wildman–Crippen LogP) is 4.08. The first-order valence-corrected chi connectivity index (χ1v) is 10.2. The highest BCUT2D eigenvalue weighted by Crippen LogP contribution is 2.30. The molecule has 2 N–H and O–H groups in total. The van der Waals surface area contributed by atoms with Gasteiger partial charge in [0.25, 0.3) is 11.8 Å². The second-order valence-corrected chi connectivity index (χ2v) is 7.76. The van der Waals surface area contributed by atoms with E-state index in [0.29, 0.717) is 17.1 Å². The summed E-state index contributed by atoms with van der Waals surface area (Å²) >= 11 is 1.34. The van der Waals surface area contributed by atoms with Gasteiger partial charge in [0.1, 0.15) is 5.76 Å². The number of anilines is 1. The lowest BCUT2D eigenvalue weighted by Gasteiger charge is -2.13. The van der Waals surface area contributed by atoms with Gasteiger partial charge in [-0.3, -0.25) is 14.9 Å². The number of rotatable bonds is 4. The zero-order chi connectivity index (χ0) is 20.4. The average Bonchev–Trinajstić information content (AvgIpc) is 3.34. The molecule has 3 aromatic rings. The normalized spacial score (nSPS) is 14.5. The number of fused-ring (bicyclic) bond motifs is 1. The maximum atomic E-state index is 12.6. The van der Waals surface area contributed by atoms with E-state index in [1.807, 2.05) is 32.0 Å². The summed E-state index contributed by atoms with van der Waals surface area (Å²) in [4.78, 5) is 29.1. The van der Waals surface area contributed by atoms with Crippen molar-refractivity contribution in [2.24, 2.45) is 5.10 Å². The van der Waals surface area contributed by atoms with E-state index in [-0.39, 0.29) is 17.6 Å². The van der Waals surface area contributed by atoms with Crippen LogP contribution < -0.4 is 10.7 Å². The smallest absolute Gasteiger partial charge is 0.293 e. The minimum absolute atomic E-state index is 0.254. The van der Waals surface area contributed by atoms with Gasteiger partial charge < -0.3 is 4.42 Å². The van der Waals surface area contributed by atoms with Crippen molar-refractivity contribution in [3.05, 3.63) is 69.6 Å².